The van der Waals surface area contributed by atoms with Crippen molar-refractivity contribution in [2.45, 2.75) is 39.0 Å². The number of carbonyl (C=O) groups is 2. The summed E-state index contributed by atoms with van der Waals surface area (Å²) in [6, 6.07) is 9.15. The smallest absolute Gasteiger partial charge is 0.321 e. The Balaban J connectivity index is 2.54. The van der Waals surface area contributed by atoms with E-state index in [2.05, 4.69) is 17.0 Å². The van der Waals surface area contributed by atoms with E-state index in [0.717, 1.165) is 31.4 Å². The molecule has 5 nitrogen and oxygen atoms in total. The number of carbonyl (C=O) groups excluding carboxylic acids is 2. The van der Waals surface area contributed by atoms with Gasteiger partial charge in [0.2, 0.25) is 0 Å². The number of para-hydroxylation sites is 1. The predicted molar refractivity (Wildman–Crippen MR) is 87.8 cm³/mol. The van der Waals surface area contributed by atoms with Crippen LogP contribution in [0.3, 0.4) is 0 Å². The summed E-state index contributed by atoms with van der Waals surface area (Å²) in [5.74, 6) is -0.300. The first kappa shape index (κ1) is 18.0. The summed E-state index contributed by atoms with van der Waals surface area (Å²) >= 11 is 0. The Morgan fingerprint density at radius 3 is 2.45 bits per heavy atom. The van der Waals surface area contributed by atoms with Crippen molar-refractivity contribution >= 4 is 17.7 Å². The van der Waals surface area contributed by atoms with Crippen LogP contribution in [0.25, 0.3) is 0 Å². The normalized spacial score (nSPS) is 10.1. The number of hydrogen-bond donors (Lipinski definition) is 1. The number of nitrogens with zero attached hydrogens (tertiary/aromatic N) is 1. The minimum atomic E-state index is -0.300. The van der Waals surface area contributed by atoms with Gasteiger partial charge in [-0.3, -0.25) is 4.79 Å². The summed E-state index contributed by atoms with van der Waals surface area (Å²) in [6.45, 7) is 3.17. The molecule has 0 unspecified atom stereocenters. The van der Waals surface area contributed by atoms with Crippen LogP contribution in [0.15, 0.2) is 30.3 Å². The molecule has 5 heteroatoms. The molecule has 0 radical (unpaired) electrons. The van der Waals surface area contributed by atoms with Gasteiger partial charge in [-0.05, 0) is 18.6 Å². The Labute approximate surface area is 132 Å². The van der Waals surface area contributed by atoms with Gasteiger partial charge in [0.25, 0.3) is 0 Å². The molecule has 22 heavy (non-hydrogen) atoms. The average molecular weight is 306 g/mol. The van der Waals surface area contributed by atoms with E-state index in [9.17, 15) is 9.59 Å². The minimum absolute atomic E-state index is 0.174. The van der Waals surface area contributed by atoms with Crippen molar-refractivity contribution in [3.63, 3.8) is 0 Å². The van der Waals surface area contributed by atoms with Crippen molar-refractivity contribution in [3.8, 4) is 0 Å². The zero-order valence-corrected chi connectivity index (χ0v) is 13.5. The molecule has 0 aliphatic rings. The zero-order valence-electron chi connectivity index (χ0n) is 13.5. The molecule has 0 aliphatic carbocycles. The van der Waals surface area contributed by atoms with Gasteiger partial charge >= 0.3 is 12.0 Å². The number of anilines is 1. The Kier molecular flexibility index (Phi) is 8.72. The maximum Gasteiger partial charge on any atom is 0.321 e. The van der Waals surface area contributed by atoms with Crippen molar-refractivity contribution < 1.29 is 14.3 Å². The minimum Gasteiger partial charge on any atom is -0.469 e. The van der Waals surface area contributed by atoms with Gasteiger partial charge in [-0.2, -0.15) is 0 Å². The number of esters is 1. The molecule has 1 rings (SSSR count). The summed E-state index contributed by atoms with van der Waals surface area (Å²) in [7, 11) is 1.36. The molecule has 1 N–H and O–H groups in total. The average Bonchev–Trinajstić information content (AvgIpc) is 2.54. The summed E-state index contributed by atoms with van der Waals surface area (Å²) in [5.41, 5.74) is 0.754. The first-order chi connectivity index (χ1) is 10.7. The van der Waals surface area contributed by atoms with Gasteiger partial charge in [0, 0.05) is 18.8 Å². The molecule has 0 saturated heterocycles. The van der Waals surface area contributed by atoms with E-state index in [1.54, 1.807) is 4.90 Å². The van der Waals surface area contributed by atoms with Crippen LogP contribution in [-0.2, 0) is 9.53 Å². The maximum absolute atomic E-state index is 12.3. The van der Waals surface area contributed by atoms with Gasteiger partial charge in [0.05, 0.1) is 13.5 Å². The first-order valence-corrected chi connectivity index (χ1v) is 7.85. The van der Waals surface area contributed by atoms with Gasteiger partial charge in [-0.25, -0.2) is 4.79 Å². The maximum atomic E-state index is 12.3. The Bertz CT molecular complexity index is 448. The highest BCUT2D eigenvalue weighted by Gasteiger charge is 2.15. The molecule has 0 spiro atoms. The first-order valence-electron chi connectivity index (χ1n) is 7.85. The summed E-state index contributed by atoms with van der Waals surface area (Å²) < 4.78 is 4.64. The molecule has 1 aromatic carbocycles. The third-order valence-corrected chi connectivity index (χ3v) is 3.41. The van der Waals surface area contributed by atoms with Crippen LogP contribution < -0.4 is 5.32 Å². The Morgan fingerprint density at radius 1 is 1.09 bits per heavy atom. The van der Waals surface area contributed by atoms with E-state index < -0.39 is 0 Å². The fraction of sp³-hybridized carbons (Fsp3) is 0.529. The molecule has 0 bridgehead atoms. The van der Waals surface area contributed by atoms with Crippen LogP contribution in [0.2, 0.25) is 0 Å². The second-order valence-electron chi connectivity index (χ2n) is 5.17. The SMILES string of the molecule is CCCCCCN(CCC(=O)OC)C(=O)Nc1ccccc1. The van der Waals surface area contributed by atoms with Gasteiger partial charge in [0.1, 0.15) is 0 Å². The van der Waals surface area contributed by atoms with Gasteiger partial charge < -0.3 is 15.0 Å². The predicted octanol–water partition coefficient (Wildman–Crippen LogP) is 3.66. The molecule has 0 aliphatic heterocycles. The second kappa shape index (κ2) is 10.7. The number of unbranched alkanes of at least 4 members (excludes halogenated alkanes) is 3. The lowest BCUT2D eigenvalue weighted by Crippen LogP contribution is -2.37. The van der Waals surface area contributed by atoms with Crippen LogP contribution in [0.4, 0.5) is 10.5 Å². The quantitative estimate of drug-likeness (QED) is 0.559. The molecule has 122 valence electrons. The number of urea groups is 1. The Hall–Kier alpha value is -2.04. The molecule has 1 aromatic rings. The topological polar surface area (TPSA) is 58.6 Å². The van der Waals surface area contributed by atoms with E-state index in [-0.39, 0.29) is 18.4 Å². The Morgan fingerprint density at radius 2 is 1.82 bits per heavy atom. The highest BCUT2D eigenvalue weighted by molar-refractivity contribution is 5.89. The van der Waals surface area contributed by atoms with Crippen LogP contribution >= 0.6 is 0 Å². The lowest BCUT2D eigenvalue weighted by molar-refractivity contribution is -0.140. The third-order valence-electron chi connectivity index (χ3n) is 3.41. The number of rotatable bonds is 9. The summed E-state index contributed by atoms with van der Waals surface area (Å²) in [6.07, 6.45) is 4.55. The van der Waals surface area contributed by atoms with E-state index >= 15 is 0 Å². The molecular formula is C17H26N2O3. The van der Waals surface area contributed by atoms with Gasteiger partial charge in [-0.1, -0.05) is 44.4 Å². The highest BCUT2D eigenvalue weighted by atomic mass is 16.5. The number of nitrogens with one attached hydrogen (secondary N) is 1. The van der Waals surface area contributed by atoms with Crippen LogP contribution in [0, 0.1) is 0 Å². The molecule has 0 aromatic heterocycles. The van der Waals surface area contributed by atoms with Crippen LogP contribution in [0.5, 0.6) is 0 Å². The number of methoxy groups -OCH3 is 1. The third kappa shape index (κ3) is 7.11. The van der Waals surface area contributed by atoms with E-state index in [0.29, 0.717) is 13.1 Å². The second-order valence-corrected chi connectivity index (χ2v) is 5.17. The number of hydrogen-bond acceptors (Lipinski definition) is 3. The molecular weight excluding hydrogens is 280 g/mol. The van der Waals surface area contributed by atoms with Crippen molar-refractivity contribution in [3.05, 3.63) is 30.3 Å². The fourth-order valence-corrected chi connectivity index (χ4v) is 2.10. The van der Waals surface area contributed by atoms with Crippen molar-refractivity contribution in [1.82, 2.24) is 4.90 Å². The van der Waals surface area contributed by atoms with E-state index in [4.69, 9.17) is 0 Å². The van der Waals surface area contributed by atoms with E-state index in [1.807, 2.05) is 30.3 Å². The molecule has 0 atom stereocenters. The molecule has 0 heterocycles. The standard InChI is InChI=1S/C17H26N2O3/c1-3-4-5-9-13-19(14-12-16(20)22-2)17(21)18-15-10-7-6-8-11-15/h6-8,10-11H,3-5,9,12-14H2,1-2H3,(H,18,21). The van der Waals surface area contributed by atoms with Crippen molar-refractivity contribution in [1.29, 1.82) is 0 Å². The van der Waals surface area contributed by atoms with Crippen LogP contribution in [-0.4, -0.2) is 37.1 Å². The monoisotopic (exact) mass is 306 g/mol. The lowest BCUT2D eigenvalue weighted by Gasteiger charge is -2.22. The van der Waals surface area contributed by atoms with Crippen molar-refractivity contribution in [2.24, 2.45) is 0 Å². The highest BCUT2D eigenvalue weighted by Crippen LogP contribution is 2.09. The van der Waals surface area contributed by atoms with Gasteiger partial charge in [0.15, 0.2) is 0 Å². The van der Waals surface area contributed by atoms with E-state index in [1.165, 1.54) is 7.11 Å². The number of amides is 2. The summed E-state index contributed by atoms with van der Waals surface area (Å²) in [5, 5.41) is 2.86. The molecule has 0 fully saturated rings. The van der Waals surface area contributed by atoms with Gasteiger partial charge in [-0.15, -0.1) is 0 Å². The summed E-state index contributed by atoms with van der Waals surface area (Å²) in [4.78, 5) is 25.3. The number of benzene rings is 1. The molecule has 2 amide bonds. The van der Waals surface area contributed by atoms with Crippen molar-refractivity contribution in [2.75, 3.05) is 25.5 Å². The number of ether oxygens (including phenoxy) is 1. The fourth-order valence-electron chi connectivity index (χ4n) is 2.10. The lowest BCUT2D eigenvalue weighted by atomic mass is 10.2. The van der Waals surface area contributed by atoms with Crippen LogP contribution in [0.1, 0.15) is 39.0 Å². The molecule has 0 saturated carbocycles. The zero-order chi connectivity index (χ0) is 16.2. The largest absolute Gasteiger partial charge is 0.469 e.